The van der Waals surface area contributed by atoms with Gasteiger partial charge in [0.15, 0.2) is 12.4 Å². The second-order valence-corrected chi connectivity index (χ2v) is 8.14. The first-order valence-electron chi connectivity index (χ1n) is 10.2. The molecule has 0 heterocycles. The number of aryl methyl sites for hydroxylation is 1. The van der Waals surface area contributed by atoms with E-state index in [1.54, 1.807) is 36.4 Å². The predicted molar refractivity (Wildman–Crippen MR) is 135 cm³/mol. The monoisotopic (exact) mass is 499 g/mol. The van der Waals surface area contributed by atoms with Crippen LogP contribution < -0.4 is 20.2 Å². The number of halogens is 2. The SMILES string of the molecule is COc1cccc(C(=O)N/N=C/c2cc(Cl)c(OCC(=O)Nc3cccc(C)c3C)c(Cl)c2)c1. The number of carbonyl (C=O) groups is 2. The van der Waals surface area contributed by atoms with Crippen molar-refractivity contribution in [3.8, 4) is 11.5 Å². The standard InChI is InChI=1S/C25H23Cl2N3O4/c1-15-6-4-9-22(16(15)2)29-23(31)14-34-24-20(26)10-17(11-21(24)27)13-28-30-25(32)18-7-5-8-19(12-18)33-3/h4-13H,14H2,1-3H3,(H,29,31)(H,30,32)/b28-13+. The number of amides is 2. The van der Waals surface area contributed by atoms with Crippen molar-refractivity contribution in [2.24, 2.45) is 5.10 Å². The predicted octanol–water partition coefficient (Wildman–Crippen LogP) is 5.40. The lowest BCUT2D eigenvalue weighted by atomic mass is 10.1. The highest BCUT2D eigenvalue weighted by Crippen LogP contribution is 2.34. The minimum Gasteiger partial charge on any atom is -0.497 e. The first-order valence-corrected chi connectivity index (χ1v) is 11.0. The fourth-order valence-corrected chi connectivity index (χ4v) is 3.61. The molecule has 3 aromatic carbocycles. The Balaban J connectivity index is 1.60. The van der Waals surface area contributed by atoms with E-state index in [4.69, 9.17) is 32.7 Å². The van der Waals surface area contributed by atoms with Crippen LogP contribution in [0, 0.1) is 13.8 Å². The molecule has 0 unspecified atom stereocenters. The van der Waals surface area contributed by atoms with Crippen LogP contribution in [-0.4, -0.2) is 31.7 Å². The van der Waals surface area contributed by atoms with Crippen molar-refractivity contribution in [1.82, 2.24) is 5.43 Å². The summed E-state index contributed by atoms with van der Waals surface area (Å²) in [6, 6.07) is 15.5. The second-order valence-electron chi connectivity index (χ2n) is 7.33. The molecule has 2 amide bonds. The summed E-state index contributed by atoms with van der Waals surface area (Å²) in [6.07, 6.45) is 1.40. The normalized spacial score (nSPS) is 10.7. The zero-order chi connectivity index (χ0) is 24.7. The van der Waals surface area contributed by atoms with Crippen LogP contribution in [0.3, 0.4) is 0 Å². The number of hydrazone groups is 1. The maximum absolute atomic E-state index is 12.3. The number of rotatable bonds is 8. The lowest BCUT2D eigenvalue weighted by Gasteiger charge is -2.13. The van der Waals surface area contributed by atoms with E-state index in [9.17, 15) is 9.59 Å². The molecule has 176 valence electrons. The summed E-state index contributed by atoms with van der Waals surface area (Å²) in [4.78, 5) is 24.5. The molecule has 0 bridgehead atoms. The molecular formula is C25H23Cl2N3O4. The van der Waals surface area contributed by atoms with Gasteiger partial charge in [-0.3, -0.25) is 9.59 Å². The molecule has 0 radical (unpaired) electrons. The van der Waals surface area contributed by atoms with Gasteiger partial charge in [-0.15, -0.1) is 0 Å². The van der Waals surface area contributed by atoms with E-state index in [1.165, 1.54) is 13.3 Å². The van der Waals surface area contributed by atoms with Crippen molar-refractivity contribution in [3.05, 3.63) is 86.9 Å². The Kier molecular flexibility index (Phi) is 8.51. The first-order chi connectivity index (χ1) is 16.3. The Morgan fingerprint density at radius 2 is 1.74 bits per heavy atom. The van der Waals surface area contributed by atoms with E-state index >= 15 is 0 Å². The van der Waals surface area contributed by atoms with E-state index in [1.807, 2.05) is 32.0 Å². The van der Waals surface area contributed by atoms with Crippen LogP contribution in [-0.2, 0) is 4.79 Å². The van der Waals surface area contributed by atoms with E-state index in [0.717, 1.165) is 11.1 Å². The summed E-state index contributed by atoms with van der Waals surface area (Å²) in [6.45, 7) is 3.63. The Morgan fingerprint density at radius 1 is 1.03 bits per heavy atom. The van der Waals surface area contributed by atoms with Gasteiger partial charge in [0.1, 0.15) is 5.75 Å². The zero-order valence-corrected chi connectivity index (χ0v) is 20.3. The molecule has 9 heteroatoms. The Bertz CT molecular complexity index is 1220. The highest BCUT2D eigenvalue weighted by Gasteiger charge is 2.13. The summed E-state index contributed by atoms with van der Waals surface area (Å²) >= 11 is 12.6. The lowest BCUT2D eigenvalue weighted by Crippen LogP contribution is -2.21. The van der Waals surface area contributed by atoms with E-state index in [0.29, 0.717) is 22.6 Å². The Morgan fingerprint density at radius 3 is 2.44 bits per heavy atom. The third-order valence-electron chi connectivity index (χ3n) is 4.96. The minimum absolute atomic E-state index is 0.178. The minimum atomic E-state index is -0.401. The van der Waals surface area contributed by atoms with Crippen LogP contribution in [0.15, 0.2) is 59.7 Å². The third kappa shape index (κ3) is 6.50. The largest absolute Gasteiger partial charge is 0.497 e. The number of ether oxygens (including phenoxy) is 2. The molecule has 0 aliphatic carbocycles. The van der Waals surface area contributed by atoms with Gasteiger partial charge >= 0.3 is 0 Å². The smallest absolute Gasteiger partial charge is 0.271 e. The fraction of sp³-hybridized carbons (Fsp3) is 0.160. The quantitative estimate of drug-likeness (QED) is 0.320. The van der Waals surface area contributed by atoms with Crippen molar-refractivity contribution in [2.75, 3.05) is 19.0 Å². The number of methoxy groups -OCH3 is 1. The molecule has 0 aromatic heterocycles. The maximum atomic E-state index is 12.3. The number of nitrogens with one attached hydrogen (secondary N) is 2. The van der Waals surface area contributed by atoms with Crippen LogP contribution in [0.1, 0.15) is 27.0 Å². The molecule has 0 atom stereocenters. The van der Waals surface area contributed by atoms with Crippen LogP contribution in [0.4, 0.5) is 5.69 Å². The van der Waals surface area contributed by atoms with E-state index < -0.39 is 5.91 Å². The summed E-state index contributed by atoms with van der Waals surface area (Å²) < 4.78 is 10.7. The number of anilines is 1. The summed E-state index contributed by atoms with van der Waals surface area (Å²) in [5.41, 5.74) is 6.13. The van der Waals surface area contributed by atoms with Crippen molar-refractivity contribution in [2.45, 2.75) is 13.8 Å². The van der Waals surface area contributed by atoms with E-state index in [2.05, 4.69) is 15.8 Å². The number of hydrogen-bond donors (Lipinski definition) is 2. The second kappa shape index (κ2) is 11.5. The number of benzene rings is 3. The lowest BCUT2D eigenvalue weighted by molar-refractivity contribution is -0.118. The van der Waals surface area contributed by atoms with Gasteiger partial charge in [0.2, 0.25) is 0 Å². The summed E-state index contributed by atoms with van der Waals surface area (Å²) in [5, 5.41) is 7.15. The van der Waals surface area contributed by atoms with E-state index in [-0.39, 0.29) is 28.3 Å². The fourth-order valence-electron chi connectivity index (χ4n) is 3.00. The molecule has 0 aliphatic heterocycles. The van der Waals surface area contributed by atoms with Gasteiger partial charge in [0.05, 0.1) is 23.4 Å². The average molecular weight is 500 g/mol. The van der Waals surface area contributed by atoms with Crippen molar-refractivity contribution < 1.29 is 19.1 Å². The summed E-state index contributed by atoms with van der Waals surface area (Å²) in [7, 11) is 1.52. The average Bonchev–Trinajstić information content (AvgIpc) is 2.81. The molecule has 7 nitrogen and oxygen atoms in total. The topological polar surface area (TPSA) is 89.0 Å². The van der Waals surface area contributed by atoms with Crippen molar-refractivity contribution in [3.63, 3.8) is 0 Å². The number of nitrogens with zero attached hydrogens (tertiary/aromatic N) is 1. The van der Waals surface area contributed by atoms with Crippen LogP contribution in [0.2, 0.25) is 10.0 Å². The third-order valence-corrected chi connectivity index (χ3v) is 5.52. The molecule has 2 N–H and O–H groups in total. The number of hydrogen-bond acceptors (Lipinski definition) is 5. The molecule has 34 heavy (non-hydrogen) atoms. The summed E-state index contributed by atoms with van der Waals surface area (Å²) in [5.74, 6) is -0.000576. The van der Waals surface area contributed by atoms with Crippen LogP contribution >= 0.6 is 23.2 Å². The molecule has 0 saturated heterocycles. The van der Waals surface area contributed by atoms with Gasteiger partial charge in [0, 0.05) is 11.3 Å². The number of carbonyl (C=O) groups excluding carboxylic acids is 2. The molecule has 3 rings (SSSR count). The highest BCUT2D eigenvalue weighted by molar-refractivity contribution is 6.37. The van der Waals surface area contributed by atoms with Gasteiger partial charge in [-0.25, -0.2) is 5.43 Å². The zero-order valence-electron chi connectivity index (χ0n) is 18.8. The van der Waals surface area contributed by atoms with Crippen LogP contribution in [0.5, 0.6) is 11.5 Å². The van der Waals surface area contributed by atoms with Gasteiger partial charge in [0.25, 0.3) is 11.8 Å². The Hall–Kier alpha value is -3.55. The maximum Gasteiger partial charge on any atom is 0.271 e. The van der Waals surface area contributed by atoms with Gasteiger partial charge in [-0.1, -0.05) is 41.4 Å². The first kappa shape index (κ1) is 25.1. The molecule has 0 aliphatic rings. The molecule has 3 aromatic rings. The van der Waals surface area contributed by atoms with Gasteiger partial charge in [-0.05, 0) is 66.9 Å². The van der Waals surface area contributed by atoms with Crippen molar-refractivity contribution >= 4 is 46.9 Å². The molecular weight excluding hydrogens is 477 g/mol. The highest BCUT2D eigenvalue weighted by atomic mass is 35.5. The van der Waals surface area contributed by atoms with Gasteiger partial charge < -0.3 is 14.8 Å². The molecule has 0 spiro atoms. The Labute approximate surface area is 207 Å². The molecule has 0 saturated carbocycles. The molecule has 0 fully saturated rings. The van der Waals surface area contributed by atoms with Gasteiger partial charge in [-0.2, -0.15) is 5.10 Å². The van der Waals surface area contributed by atoms with Crippen LogP contribution in [0.25, 0.3) is 0 Å². The van der Waals surface area contributed by atoms with Crippen molar-refractivity contribution in [1.29, 1.82) is 0 Å².